The first-order chi connectivity index (χ1) is 13.7. The van der Waals surface area contributed by atoms with Crippen LogP contribution in [0.1, 0.15) is 35.3 Å². The highest BCUT2D eigenvalue weighted by molar-refractivity contribution is 6.09. The van der Waals surface area contributed by atoms with E-state index in [0.717, 1.165) is 36.0 Å². The Morgan fingerprint density at radius 3 is 2.89 bits per heavy atom. The van der Waals surface area contributed by atoms with E-state index in [1.807, 2.05) is 56.3 Å². The summed E-state index contributed by atoms with van der Waals surface area (Å²) >= 11 is 0. The molecule has 1 aliphatic heterocycles. The van der Waals surface area contributed by atoms with Crippen molar-refractivity contribution >= 4 is 16.7 Å². The molecule has 0 aromatic heterocycles. The lowest BCUT2D eigenvalue weighted by Gasteiger charge is -2.18. The highest BCUT2D eigenvalue weighted by atomic mass is 16.5. The maximum absolute atomic E-state index is 13.1. The van der Waals surface area contributed by atoms with E-state index in [2.05, 4.69) is 17.4 Å². The van der Waals surface area contributed by atoms with Crippen LogP contribution in [-0.2, 0) is 12.8 Å². The van der Waals surface area contributed by atoms with Gasteiger partial charge in [0, 0.05) is 12.5 Å². The van der Waals surface area contributed by atoms with Crippen LogP contribution in [0.2, 0.25) is 0 Å². The Bertz CT molecular complexity index is 1010. The molecule has 3 aromatic carbocycles. The molecule has 1 heterocycles. The Kier molecular flexibility index (Phi) is 5.20. The summed E-state index contributed by atoms with van der Waals surface area (Å²) in [4.78, 5) is 13.1. The zero-order valence-corrected chi connectivity index (χ0v) is 16.3. The Morgan fingerprint density at radius 1 is 1.18 bits per heavy atom. The van der Waals surface area contributed by atoms with Gasteiger partial charge in [-0.1, -0.05) is 42.5 Å². The standard InChI is InChI=1S/C24H25NO3/c1-3-27-22-11-9-18-6-4-5-7-20(18)23(22)24(26)25-16(2)14-17-8-10-21-19(15-17)12-13-28-21/h4-11,15-16H,3,12-14H2,1-2H3,(H,25,26). The first kappa shape index (κ1) is 18.4. The summed E-state index contributed by atoms with van der Waals surface area (Å²) in [5, 5.41) is 5.09. The molecular weight excluding hydrogens is 350 g/mol. The molecule has 1 atom stereocenters. The van der Waals surface area contributed by atoms with Crippen molar-refractivity contribution in [3.05, 3.63) is 71.3 Å². The van der Waals surface area contributed by atoms with Crippen LogP contribution in [0.5, 0.6) is 11.5 Å². The largest absolute Gasteiger partial charge is 0.493 e. The minimum atomic E-state index is -0.0998. The van der Waals surface area contributed by atoms with E-state index in [1.165, 1.54) is 11.1 Å². The van der Waals surface area contributed by atoms with Crippen LogP contribution in [0.25, 0.3) is 10.8 Å². The number of nitrogens with one attached hydrogen (secondary N) is 1. The van der Waals surface area contributed by atoms with E-state index in [4.69, 9.17) is 9.47 Å². The third kappa shape index (κ3) is 3.68. The lowest BCUT2D eigenvalue weighted by atomic mass is 10.0. The SMILES string of the molecule is CCOc1ccc2ccccc2c1C(=O)NC(C)Cc1ccc2c(c1)CCO2. The van der Waals surface area contributed by atoms with Crippen LogP contribution in [0.3, 0.4) is 0 Å². The molecule has 0 saturated heterocycles. The van der Waals surface area contributed by atoms with Crippen molar-refractivity contribution in [1.29, 1.82) is 0 Å². The molecular formula is C24H25NO3. The lowest BCUT2D eigenvalue weighted by molar-refractivity contribution is 0.0938. The molecule has 4 heteroatoms. The molecule has 3 aromatic rings. The fraction of sp³-hybridized carbons (Fsp3) is 0.292. The highest BCUT2D eigenvalue weighted by Crippen LogP contribution is 2.29. The molecule has 0 spiro atoms. The van der Waals surface area contributed by atoms with Gasteiger partial charge in [0.15, 0.2) is 0 Å². The lowest BCUT2D eigenvalue weighted by Crippen LogP contribution is -2.34. The van der Waals surface area contributed by atoms with Gasteiger partial charge in [0.25, 0.3) is 5.91 Å². The minimum absolute atomic E-state index is 0.00122. The summed E-state index contributed by atoms with van der Waals surface area (Å²) in [6.45, 7) is 5.24. The van der Waals surface area contributed by atoms with Gasteiger partial charge in [0.2, 0.25) is 0 Å². The van der Waals surface area contributed by atoms with E-state index in [1.54, 1.807) is 0 Å². The van der Waals surface area contributed by atoms with E-state index >= 15 is 0 Å². The third-order valence-electron chi connectivity index (χ3n) is 5.09. The van der Waals surface area contributed by atoms with Crippen molar-refractivity contribution < 1.29 is 14.3 Å². The van der Waals surface area contributed by atoms with Crippen LogP contribution < -0.4 is 14.8 Å². The van der Waals surface area contributed by atoms with Crippen LogP contribution in [0.15, 0.2) is 54.6 Å². The van der Waals surface area contributed by atoms with E-state index in [9.17, 15) is 4.79 Å². The maximum Gasteiger partial charge on any atom is 0.255 e. The number of fused-ring (bicyclic) bond motifs is 2. The molecule has 28 heavy (non-hydrogen) atoms. The van der Waals surface area contributed by atoms with Gasteiger partial charge < -0.3 is 14.8 Å². The van der Waals surface area contributed by atoms with Gasteiger partial charge in [-0.25, -0.2) is 0 Å². The monoisotopic (exact) mass is 375 g/mol. The van der Waals surface area contributed by atoms with Crippen molar-refractivity contribution in [3.8, 4) is 11.5 Å². The molecule has 0 fully saturated rings. The van der Waals surface area contributed by atoms with Crippen LogP contribution in [0.4, 0.5) is 0 Å². The molecule has 1 unspecified atom stereocenters. The summed E-state index contributed by atoms with van der Waals surface area (Å²) < 4.78 is 11.3. The van der Waals surface area contributed by atoms with Gasteiger partial charge in [0.1, 0.15) is 11.5 Å². The number of rotatable bonds is 6. The van der Waals surface area contributed by atoms with E-state index in [0.29, 0.717) is 17.9 Å². The maximum atomic E-state index is 13.1. The Balaban J connectivity index is 1.55. The van der Waals surface area contributed by atoms with Gasteiger partial charge in [-0.3, -0.25) is 4.79 Å². The first-order valence-electron chi connectivity index (χ1n) is 9.85. The Hall–Kier alpha value is -3.01. The zero-order valence-electron chi connectivity index (χ0n) is 16.3. The molecule has 0 aliphatic carbocycles. The number of hydrogen-bond donors (Lipinski definition) is 1. The predicted molar refractivity (Wildman–Crippen MR) is 111 cm³/mol. The fourth-order valence-electron chi connectivity index (χ4n) is 3.83. The second-order valence-corrected chi connectivity index (χ2v) is 7.21. The second kappa shape index (κ2) is 7.93. The number of carbonyl (C=O) groups excluding carboxylic acids is 1. The predicted octanol–water partition coefficient (Wildman–Crippen LogP) is 4.53. The molecule has 0 bridgehead atoms. The van der Waals surface area contributed by atoms with Crippen molar-refractivity contribution in [1.82, 2.24) is 5.32 Å². The molecule has 144 valence electrons. The van der Waals surface area contributed by atoms with Gasteiger partial charge in [-0.15, -0.1) is 0 Å². The summed E-state index contributed by atoms with van der Waals surface area (Å²) in [6.07, 6.45) is 1.73. The van der Waals surface area contributed by atoms with Crippen molar-refractivity contribution in [3.63, 3.8) is 0 Å². The minimum Gasteiger partial charge on any atom is -0.493 e. The summed E-state index contributed by atoms with van der Waals surface area (Å²) in [5.74, 6) is 1.51. The van der Waals surface area contributed by atoms with Crippen LogP contribution in [0, 0.1) is 0 Å². The van der Waals surface area contributed by atoms with E-state index in [-0.39, 0.29) is 11.9 Å². The first-order valence-corrected chi connectivity index (χ1v) is 9.85. The van der Waals surface area contributed by atoms with Crippen molar-refractivity contribution in [2.75, 3.05) is 13.2 Å². The van der Waals surface area contributed by atoms with Crippen molar-refractivity contribution in [2.45, 2.75) is 32.7 Å². The van der Waals surface area contributed by atoms with E-state index < -0.39 is 0 Å². The quantitative estimate of drug-likeness (QED) is 0.688. The van der Waals surface area contributed by atoms with Crippen molar-refractivity contribution in [2.24, 2.45) is 0 Å². The summed E-state index contributed by atoms with van der Waals surface area (Å²) in [6, 6.07) is 18.1. The number of carbonyl (C=O) groups is 1. The molecule has 1 aliphatic rings. The summed E-state index contributed by atoms with van der Waals surface area (Å²) in [7, 11) is 0. The van der Waals surface area contributed by atoms with Gasteiger partial charge in [-0.05, 0) is 54.3 Å². The molecule has 4 rings (SSSR count). The number of ether oxygens (including phenoxy) is 2. The molecule has 1 N–H and O–H groups in total. The average Bonchev–Trinajstić information content (AvgIpc) is 3.15. The normalized spacial score (nSPS) is 13.6. The van der Waals surface area contributed by atoms with Gasteiger partial charge in [-0.2, -0.15) is 0 Å². The number of amides is 1. The number of benzene rings is 3. The topological polar surface area (TPSA) is 47.6 Å². The number of hydrogen-bond acceptors (Lipinski definition) is 3. The Labute approximate surface area is 165 Å². The average molecular weight is 375 g/mol. The fourth-order valence-corrected chi connectivity index (χ4v) is 3.83. The molecule has 0 radical (unpaired) electrons. The molecule has 0 saturated carbocycles. The third-order valence-corrected chi connectivity index (χ3v) is 5.09. The molecule has 4 nitrogen and oxygen atoms in total. The van der Waals surface area contributed by atoms with Gasteiger partial charge in [0.05, 0.1) is 18.8 Å². The smallest absolute Gasteiger partial charge is 0.255 e. The Morgan fingerprint density at radius 2 is 2.04 bits per heavy atom. The second-order valence-electron chi connectivity index (χ2n) is 7.21. The highest BCUT2D eigenvalue weighted by Gasteiger charge is 2.19. The van der Waals surface area contributed by atoms with Gasteiger partial charge >= 0.3 is 0 Å². The summed E-state index contributed by atoms with van der Waals surface area (Å²) in [5.41, 5.74) is 3.07. The molecule has 1 amide bonds. The van der Waals surface area contributed by atoms with Crippen LogP contribution >= 0.6 is 0 Å². The zero-order chi connectivity index (χ0) is 19.5. The van der Waals surface area contributed by atoms with Crippen LogP contribution in [-0.4, -0.2) is 25.2 Å².